The Hall–Kier alpha value is -1.39. The van der Waals surface area contributed by atoms with Crippen LogP contribution >= 0.6 is 27.5 Å². The fourth-order valence-corrected chi connectivity index (χ4v) is 2.62. The van der Waals surface area contributed by atoms with Gasteiger partial charge in [-0.05, 0) is 49.2 Å². The molecule has 0 aliphatic heterocycles. The van der Waals surface area contributed by atoms with Gasteiger partial charge in [-0.3, -0.25) is 4.79 Å². The van der Waals surface area contributed by atoms with Crippen molar-refractivity contribution in [3.63, 3.8) is 0 Å². The lowest BCUT2D eigenvalue weighted by Gasteiger charge is -2.11. The molecule has 2 N–H and O–H groups in total. The van der Waals surface area contributed by atoms with E-state index in [1.54, 1.807) is 26.0 Å². The fourth-order valence-electron chi connectivity index (χ4n) is 1.91. The zero-order valence-corrected chi connectivity index (χ0v) is 13.3. The van der Waals surface area contributed by atoms with E-state index in [2.05, 4.69) is 15.9 Å². The number of carbonyl (C=O) groups is 1. The van der Waals surface area contributed by atoms with Gasteiger partial charge in [0.25, 0.3) is 0 Å². The van der Waals surface area contributed by atoms with E-state index >= 15 is 0 Å². The summed E-state index contributed by atoms with van der Waals surface area (Å²) in [5, 5.41) is 0.0936. The van der Waals surface area contributed by atoms with Crippen LogP contribution in [0.15, 0.2) is 28.7 Å². The molecule has 2 nitrogen and oxygen atoms in total. The summed E-state index contributed by atoms with van der Waals surface area (Å²) in [6, 6.07) is 6.02. The highest BCUT2D eigenvalue weighted by Crippen LogP contribution is 2.28. The van der Waals surface area contributed by atoms with E-state index in [0.717, 1.165) is 6.07 Å². The molecule has 0 fully saturated rings. The van der Waals surface area contributed by atoms with Gasteiger partial charge >= 0.3 is 0 Å². The fraction of sp³-hybridized carbons (Fsp3) is 0.133. The zero-order chi connectivity index (χ0) is 15.0. The number of hydrogen-bond donors (Lipinski definition) is 1. The minimum atomic E-state index is -0.433. The highest BCUT2D eigenvalue weighted by atomic mass is 79.9. The lowest BCUT2D eigenvalue weighted by Crippen LogP contribution is -2.07. The average Bonchev–Trinajstić information content (AvgIpc) is 2.37. The molecule has 0 aliphatic carbocycles. The van der Waals surface area contributed by atoms with E-state index in [1.165, 1.54) is 6.07 Å². The number of benzene rings is 2. The predicted octanol–water partition coefficient (Wildman–Crippen LogP) is 4.67. The number of carbonyl (C=O) groups excluding carboxylic acids is 1. The SMILES string of the molecule is Cc1cc(C(=O)c2cc(Br)cc(N)c2C)c(Cl)cc1F. The van der Waals surface area contributed by atoms with Crippen molar-refractivity contribution in [3.8, 4) is 0 Å². The van der Waals surface area contributed by atoms with Crippen LogP contribution in [0.4, 0.5) is 10.1 Å². The summed E-state index contributed by atoms with van der Waals surface area (Å²) in [6.07, 6.45) is 0. The van der Waals surface area contributed by atoms with Crippen LogP contribution in [-0.4, -0.2) is 5.78 Å². The molecule has 2 aromatic rings. The van der Waals surface area contributed by atoms with Crippen LogP contribution in [0.5, 0.6) is 0 Å². The summed E-state index contributed by atoms with van der Waals surface area (Å²) < 4.78 is 14.1. The minimum Gasteiger partial charge on any atom is -0.398 e. The number of rotatable bonds is 2. The Morgan fingerprint density at radius 3 is 2.50 bits per heavy atom. The third-order valence-corrected chi connectivity index (χ3v) is 3.92. The minimum absolute atomic E-state index is 0.0936. The normalized spacial score (nSPS) is 10.7. The zero-order valence-electron chi connectivity index (χ0n) is 10.9. The van der Waals surface area contributed by atoms with Gasteiger partial charge in [-0.1, -0.05) is 27.5 Å². The lowest BCUT2D eigenvalue weighted by molar-refractivity contribution is 0.103. The van der Waals surface area contributed by atoms with E-state index in [-0.39, 0.29) is 16.4 Å². The van der Waals surface area contributed by atoms with E-state index in [9.17, 15) is 9.18 Å². The Kier molecular flexibility index (Phi) is 4.16. The second kappa shape index (κ2) is 5.54. The quantitative estimate of drug-likeness (QED) is 0.627. The molecule has 0 spiro atoms. The Morgan fingerprint density at radius 1 is 1.20 bits per heavy atom. The number of nitrogens with two attached hydrogens (primary N) is 1. The van der Waals surface area contributed by atoms with Crippen molar-refractivity contribution in [2.75, 3.05) is 5.73 Å². The first kappa shape index (κ1) is 15.0. The summed E-state index contributed by atoms with van der Waals surface area (Å²) in [6.45, 7) is 3.35. The molecule has 0 radical (unpaired) electrons. The van der Waals surface area contributed by atoms with Gasteiger partial charge in [-0.25, -0.2) is 4.39 Å². The van der Waals surface area contributed by atoms with Gasteiger partial charge in [-0.15, -0.1) is 0 Å². The Balaban J connectivity index is 2.60. The number of aryl methyl sites for hydroxylation is 1. The Bertz CT molecular complexity index is 716. The molecule has 0 unspecified atom stereocenters. The van der Waals surface area contributed by atoms with Crippen LogP contribution in [-0.2, 0) is 0 Å². The van der Waals surface area contributed by atoms with Crippen LogP contribution in [0, 0.1) is 19.7 Å². The molecule has 0 aliphatic rings. The summed E-state index contributed by atoms with van der Waals surface area (Å²) in [5.74, 6) is -0.708. The first-order valence-electron chi connectivity index (χ1n) is 5.87. The van der Waals surface area contributed by atoms with E-state index in [1.807, 2.05) is 0 Å². The third kappa shape index (κ3) is 2.72. The largest absolute Gasteiger partial charge is 0.398 e. The second-order valence-corrected chi connectivity index (χ2v) is 5.90. The molecule has 0 bridgehead atoms. The molecule has 0 saturated carbocycles. The summed E-state index contributed by atoms with van der Waals surface area (Å²) >= 11 is 9.28. The first-order chi connectivity index (χ1) is 9.31. The van der Waals surface area contributed by atoms with Gasteiger partial charge in [0, 0.05) is 21.3 Å². The molecule has 0 amide bonds. The maximum absolute atomic E-state index is 13.4. The number of halogens is 3. The Labute approximate surface area is 129 Å². The van der Waals surface area contributed by atoms with Crippen molar-refractivity contribution in [1.29, 1.82) is 0 Å². The van der Waals surface area contributed by atoms with Crippen molar-refractivity contribution >= 4 is 39.0 Å². The maximum Gasteiger partial charge on any atom is 0.194 e. The summed E-state index contributed by atoms with van der Waals surface area (Å²) in [7, 11) is 0. The van der Waals surface area contributed by atoms with Crippen molar-refractivity contribution in [2.45, 2.75) is 13.8 Å². The number of anilines is 1. The number of nitrogen functional groups attached to an aromatic ring is 1. The average molecular weight is 357 g/mol. The van der Waals surface area contributed by atoms with Gasteiger partial charge in [-0.2, -0.15) is 0 Å². The van der Waals surface area contributed by atoms with Gasteiger partial charge in [0.15, 0.2) is 5.78 Å². The van der Waals surface area contributed by atoms with E-state index < -0.39 is 5.82 Å². The van der Waals surface area contributed by atoms with Crippen LogP contribution < -0.4 is 5.73 Å². The van der Waals surface area contributed by atoms with Crippen molar-refractivity contribution in [3.05, 3.63) is 61.8 Å². The summed E-state index contributed by atoms with van der Waals surface area (Å²) in [4.78, 5) is 12.6. The van der Waals surface area contributed by atoms with Crippen LogP contribution in [0.1, 0.15) is 27.0 Å². The molecular weight excluding hydrogens is 345 g/mol. The Morgan fingerprint density at radius 2 is 1.85 bits per heavy atom. The van der Waals surface area contributed by atoms with Crippen molar-refractivity contribution in [2.24, 2.45) is 0 Å². The molecule has 20 heavy (non-hydrogen) atoms. The lowest BCUT2D eigenvalue weighted by atomic mass is 9.97. The molecule has 5 heteroatoms. The van der Waals surface area contributed by atoms with Crippen molar-refractivity contribution in [1.82, 2.24) is 0 Å². The number of hydrogen-bond acceptors (Lipinski definition) is 2. The number of ketones is 1. The van der Waals surface area contributed by atoms with Crippen LogP contribution in [0.3, 0.4) is 0 Å². The van der Waals surface area contributed by atoms with Gasteiger partial charge in [0.05, 0.1) is 5.02 Å². The smallest absolute Gasteiger partial charge is 0.194 e. The van der Waals surface area contributed by atoms with Gasteiger partial charge < -0.3 is 5.73 Å². The predicted molar refractivity (Wildman–Crippen MR) is 82.9 cm³/mol. The van der Waals surface area contributed by atoms with Crippen molar-refractivity contribution < 1.29 is 9.18 Å². The third-order valence-electron chi connectivity index (χ3n) is 3.15. The topological polar surface area (TPSA) is 43.1 Å². The van der Waals surface area contributed by atoms with Gasteiger partial charge in [0.2, 0.25) is 0 Å². The molecule has 2 rings (SSSR count). The second-order valence-electron chi connectivity index (χ2n) is 4.58. The molecule has 0 aromatic heterocycles. The van der Waals surface area contributed by atoms with Crippen LogP contribution in [0.2, 0.25) is 5.02 Å². The standard InChI is InChI=1S/C15H12BrClFNO/c1-7-3-11(12(17)6-13(7)18)15(20)10-4-9(16)5-14(19)8(10)2/h3-6H,19H2,1-2H3. The van der Waals surface area contributed by atoms with Crippen LogP contribution in [0.25, 0.3) is 0 Å². The molecule has 0 atom stereocenters. The first-order valence-corrected chi connectivity index (χ1v) is 7.04. The summed E-state index contributed by atoms with van der Waals surface area (Å²) in [5.41, 5.74) is 8.13. The van der Waals surface area contributed by atoms with E-state index in [4.69, 9.17) is 17.3 Å². The molecule has 0 saturated heterocycles. The highest BCUT2D eigenvalue weighted by Gasteiger charge is 2.18. The maximum atomic E-state index is 13.4. The molecular formula is C15H12BrClFNO. The van der Waals surface area contributed by atoms with E-state index in [0.29, 0.717) is 26.9 Å². The van der Waals surface area contributed by atoms with Gasteiger partial charge in [0.1, 0.15) is 5.82 Å². The molecule has 104 valence electrons. The monoisotopic (exact) mass is 355 g/mol. The molecule has 2 aromatic carbocycles. The highest BCUT2D eigenvalue weighted by molar-refractivity contribution is 9.10. The molecule has 0 heterocycles.